The predicted octanol–water partition coefficient (Wildman–Crippen LogP) is 3.91. The van der Waals surface area contributed by atoms with Crippen molar-refractivity contribution < 1.29 is 26.7 Å². The third kappa shape index (κ3) is 2.78. The first-order valence-electron chi connectivity index (χ1n) is 6.97. The Morgan fingerprint density at radius 2 is 1.68 bits per heavy atom. The minimum absolute atomic E-state index is 0.220. The molecular formula is C17H9F5N2O. The zero-order valence-electron chi connectivity index (χ0n) is 12.3. The van der Waals surface area contributed by atoms with Crippen molar-refractivity contribution in [2.24, 2.45) is 0 Å². The number of anilines is 1. The lowest BCUT2D eigenvalue weighted by molar-refractivity contribution is -0.179. The first-order chi connectivity index (χ1) is 11.7. The van der Waals surface area contributed by atoms with Gasteiger partial charge in [0.25, 0.3) is 0 Å². The molecule has 0 unspecified atom stereocenters. The van der Waals surface area contributed by atoms with Gasteiger partial charge in [0, 0.05) is 5.56 Å². The minimum Gasteiger partial charge on any atom is -0.310 e. The van der Waals surface area contributed by atoms with Crippen molar-refractivity contribution in [1.82, 2.24) is 5.32 Å². The van der Waals surface area contributed by atoms with Crippen LogP contribution in [0, 0.1) is 23.5 Å². The largest absolute Gasteiger partial charge is 0.427 e. The van der Waals surface area contributed by atoms with Crippen molar-refractivity contribution in [2.75, 3.05) is 5.32 Å². The summed E-state index contributed by atoms with van der Waals surface area (Å²) in [6, 6.07) is 7.91. The summed E-state index contributed by atoms with van der Waals surface area (Å²) in [5, 5.41) is 3.64. The lowest BCUT2D eigenvalue weighted by atomic mass is 9.85. The van der Waals surface area contributed by atoms with Crippen LogP contribution in [0.3, 0.4) is 0 Å². The number of benzene rings is 2. The summed E-state index contributed by atoms with van der Waals surface area (Å²) >= 11 is 0. The highest BCUT2D eigenvalue weighted by Crippen LogP contribution is 2.45. The minimum atomic E-state index is -5.20. The van der Waals surface area contributed by atoms with Crippen LogP contribution in [0.1, 0.15) is 11.1 Å². The number of alkyl halides is 3. The quantitative estimate of drug-likeness (QED) is 0.548. The molecule has 0 spiro atoms. The Labute approximate surface area is 138 Å². The van der Waals surface area contributed by atoms with E-state index in [1.807, 2.05) is 11.2 Å². The Kier molecular flexibility index (Phi) is 3.87. The molecule has 0 fully saturated rings. The van der Waals surface area contributed by atoms with Gasteiger partial charge in [-0.05, 0) is 24.3 Å². The highest BCUT2D eigenvalue weighted by Gasteiger charge is 2.61. The number of urea groups is 1. The molecule has 25 heavy (non-hydrogen) atoms. The van der Waals surface area contributed by atoms with Crippen LogP contribution in [0.5, 0.6) is 0 Å². The van der Waals surface area contributed by atoms with Crippen LogP contribution < -0.4 is 10.6 Å². The van der Waals surface area contributed by atoms with Crippen LogP contribution in [0.4, 0.5) is 32.4 Å². The van der Waals surface area contributed by atoms with E-state index in [0.717, 1.165) is 6.07 Å². The summed E-state index contributed by atoms with van der Waals surface area (Å²) in [7, 11) is 0. The lowest BCUT2D eigenvalue weighted by Crippen LogP contribution is -2.59. The van der Waals surface area contributed by atoms with Gasteiger partial charge >= 0.3 is 12.2 Å². The number of carbonyl (C=O) groups is 1. The summed E-state index contributed by atoms with van der Waals surface area (Å²) in [5.41, 5.74) is -4.77. The Morgan fingerprint density at radius 3 is 2.32 bits per heavy atom. The van der Waals surface area contributed by atoms with E-state index in [1.54, 1.807) is 23.5 Å². The molecule has 0 bridgehead atoms. The molecule has 0 saturated heterocycles. The fourth-order valence-electron chi connectivity index (χ4n) is 2.47. The van der Waals surface area contributed by atoms with E-state index in [0.29, 0.717) is 6.07 Å². The van der Waals surface area contributed by atoms with Crippen molar-refractivity contribution >= 4 is 11.7 Å². The van der Waals surface area contributed by atoms with Crippen molar-refractivity contribution in [3.05, 3.63) is 65.2 Å². The number of hydrogen-bond donors (Lipinski definition) is 2. The fraction of sp³-hybridized carbons (Fsp3) is 0.118. The van der Waals surface area contributed by atoms with Crippen LogP contribution >= 0.6 is 0 Å². The average Bonchev–Trinajstić information content (AvgIpc) is 2.56. The zero-order chi connectivity index (χ0) is 18.2. The number of fused-ring (bicyclic) bond motifs is 1. The van der Waals surface area contributed by atoms with Gasteiger partial charge in [0.1, 0.15) is 0 Å². The molecule has 8 heteroatoms. The molecule has 2 amide bonds. The number of amides is 2. The molecule has 128 valence electrons. The molecule has 1 aliphatic heterocycles. The first kappa shape index (κ1) is 16.8. The second-order valence-corrected chi connectivity index (χ2v) is 5.23. The van der Waals surface area contributed by atoms with Gasteiger partial charge in [-0.25, -0.2) is 13.6 Å². The van der Waals surface area contributed by atoms with Gasteiger partial charge in [0.05, 0.1) is 11.3 Å². The maximum Gasteiger partial charge on any atom is 0.427 e. The number of carbonyl (C=O) groups excluding carboxylic acids is 1. The maximum absolute atomic E-state index is 14.2. The Bertz CT molecular complexity index is 899. The number of nitrogens with one attached hydrogen (secondary N) is 2. The SMILES string of the molecule is O=C1Nc2ccc(F)c(F)c2[C@@](C#Cc2ccccc2)(C(F)(F)F)N1. The fourth-order valence-corrected chi connectivity index (χ4v) is 2.47. The molecule has 0 aromatic heterocycles. The van der Waals surface area contributed by atoms with Crippen molar-refractivity contribution in [3.63, 3.8) is 0 Å². The van der Waals surface area contributed by atoms with Gasteiger partial charge in [-0.3, -0.25) is 0 Å². The Balaban J connectivity index is 2.30. The van der Waals surface area contributed by atoms with Gasteiger partial charge < -0.3 is 10.6 Å². The third-order valence-electron chi connectivity index (χ3n) is 3.61. The standard InChI is InChI=1S/C17H9F5N2O/c18-11-6-7-12-13(14(11)19)16(17(20,21)22,24-15(25)23-12)9-8-10-4-2-1-3-5-10/h1-7H,(H2,23,24,25)/t16-/m0/s1. The summed E-state index contributed by atoms with van der Waals surface area (Å²) in [6.07, 6.45) is -5.20. The van der Waals surface area contributed by atoms with E-state index in [4.69, 9.17) is 0 Å². The molecular weight excluding hydrogens is 343 g/mol. The average molecular weight is 352 g/mol. The van der Waals surface area contributed by atoms with E-state index in [2.05, 4.69) is 5.92 Å². The molecule has 3 rings (SSSR count). The summed E-state index contributed by atoms with van der Waals surface area (Å²) in [5.74, 6) is 0.949. The van der Waals surface area contributed by atoms with Crippen LogP contribution in [0.15, 0.2) is 42.5 Å². The summed E-state index contributed by atoms with van der Waals surface area (Å²) < 4.78 is 69.3. The van der Waals surface area contributed by atoms with E-state index < -0.39 is 40.6 Å². The second kappa shape index (κ2) is 5.77. The summed E-state index contributed by atoms with van der Waals surface area (Å²) in [4.78, 5) is 11.7. The number of rotatable bonds is 0. The molecule has 3 nitrogen and oxygen atoms in total. The van der Waals surface area contributed by atoms with E-state index in [-0.39, 0.29) is 5.56 Å². The normalized spacial score (nSPS) is 19.2. The molecule has 0 saturated carbocycles. The Hall–Kier alpha value is -3.08. The van der Waals surface area contributed by atoms with E-state index >= 15 is 0 Å². The molecule has 1 heterocycles. The lowest BCUT2D eigenvalue weighted by Gasteiger charge is -2.37. The van der Waals surface area contributed by atoms with E-state index in [9.17, 15) is 26.7 Å². The molecule has 0 aliphatic carbocycles. The van der Waals surface area contributed by atoms with Crippen molar-refractivity contribution in [1.29, 1.82) is 0 Å². The van der Waals surface area contributed by atoms with Crippen LogP contribution in [-0.4, -0.2) is 12.2 Å². The Morgan fingerprint density at radius 1 is 1.00 bits per heavy atom. The monoisotopic (exact) mass is 352 g/mol. The smallest absolute Gasteiger partial charge is 0.310 e. The molecule has 0 radical (unpaired) electrons. The van der Waals surface area contributed by atoms with Gasteiger partial charge in [-0.15, -0.1) is 0 Å². The van der Waals surface area contributed by atoms with Crippen molar-refractivity contribution in [2.45, 2.75) is 11.7 Å². The zero-order valence-corrected chi connectivity index (χ0v) is 12.3. The second-order valence-electron chi connectivity index (χ2n) is 5.23. The van der Waals surface area contributed by atoms with Gasteiger partial charge in [-0.1, -0.05) is 30.0 Å². The summed E-state index contributed by atoms with van der Waals surface area (Å²) in [6.45, 7) is 0. The van der Waals surface area contributed by atoms with E-state index in [1.165, 1.54) is 12.1 Å². The molecule has 2 aromatic carbocycles. The maximum atomic E-state index is 14.2. The molecule has 2 aromatic rings. The van der Waals surface area contributed by atoms with Crippen LogP contribution in [0.2, 0.25) is 0 Å². The molecule has 2 N–H and O–H groups in total. The molecule has 1 atom stereocenters. The van der Waals surface area contributed by atoms with Crippen LogP contribution in [0.25, 0.3) is 0 Å². The third-order valence-corrected chi connectivity index (χ3v) is 3.61. The highest BCUT2D eigenvalue weighted by molar-refractivity contribution is 5.94. The van der Waals surface area contributed by atoms with Gasteiger partial charge in [0.15, 0.2) is 11.6 Å². The molecule has 1 aliphatic rings. The van der Waals surface area contributed by atoms with Crippen LogP contribution in [-0.2, 0) is 5.54 Å². The topological polar surface area (TPSA) is 41.1 Å². The highest BCUT2D eigenvalue weighted by atomic mass is 19.4. The van der Waals surface area contributed by atoms with Gasteiger partial charge in [0.2, 0.25) is 5.54 Å². The van der Waals surface area contributed by atoms with Gasteiger partial charge in [-0.2, -0.15) is 13.2 Å². The van der Waals surface area contributed by atoms with Crippen molar-refractivity contribution in [3.8, 4) is 11.8 Å². The number of hydrogen-bond acceptors (Lipinski definition) is 1. The number of halogens is 5. The first-order valence-corrected chi connectivity index (χ1v) is 6.97. The predicted molar refractivity (Wildman–Crippen MR) is 79.6 cm³/mol.